The number of aryl methyl sites for hydroxylation is 2. The van der Waals surface area contributed by atoms with E-state index in [2.05, 4.69) is 42.0 Å². The Kier molecular flexibility index (Phi) is 6.41. The summed E-state index contributed by atoms with van der Waals surface area (Å²) in [5.74, 6) is 0.425. The summed E-state index contributed by atoms with van der Waals surface area (Å²) >= 11 is 9.72. The van der Waals surface area contributed by atoms with E-state index in [1.807, 2.05) is 44.2 Å². The highest BCUT2D eigenvalue weighted by Crippen LogP contribution is 2.30. The van der Waals surface area contributed by atoms with Crippen molar-refractivity contribution in [2.75, 3.05) is 5.32 Å². The van der Waals surface area contributed by atoms with E-state index in [1.165, 1.54) is 5.56 Å². The molecule has 26 heavy (non-hydrogen) atoms. The van der Waals surface area contributed by atoms with E-state index in [0.717, 1.165) is 26.3 Å². The molecule has 3 nitrogen and oxygen atoms in total. The molecule has 5 heteroatoms. The Morgan fingerprint density at radius 2 is 1.73 bits per heavy atom. The van der Waals surface area contributed by atoms with Gasteiger partial charge in [-0.05, 0) is 83.1 Å². The number of anilines is 1. The van der Waals surface area contributed by atoms with Crippen molar-refractivity contribution in [3.8, 4) is 5.75 Å². The largest absolute Gasteiger partial charge is 0.481 e. The lowest BCUT2D eigenvalue weighted by Crippen LogP contribution is -2.30. The average Bonchev–Trinajstić information content (AvgIpc) is 2.53. The molecule has 2 aromatic rings. The molecule has 1 N–H and O–H groups in total. The molecule has 0 saturated carbocycles. The molecular weight excluding hydrogens is 414 g/mol. The number of nitrogens with one attached hydrogen (secondary N) is 1. The number of amides is 1. The summed E-state index contributed by atoms with van der Waals surface area (Å²) in [4.78, 5) is 12.5. The predicted octanol–water partition coefficient (Wildman–Crippen LogP) is 6.42. The van der Waals surface area contributed by atoms with Crippen molar-refractivity contribution in [1.29, 1.82) is 0 Å². The zero-order chi connectivity index (χ0) is 19.6. The Bertz CT molecular complexity index is 804. The molecule has 2 aromatic carbocycles. The van der Waals surface area contributed by atoms with Crippen LogP contribution in [0.3, 0.4) is 0 Å². The molecule has 0 aliphatic rings. The van der Waals surface area contributed by atoms with Gasteiger partial charge >= 0.3 is 0 Å². The zero-order valence-electron chi connectivity index (χ0n) is 16.0. The van der Waals surface area contributed by atoms with Gasteiger partial charge in [0.2, 0.25) is 0 Å². The highest BCUT2D eigenvalue weighted by molar-refractivity contribution is 9.10. The van der Waals surface area contributed by atoms with Gasteiger partial charge in [0, 0.05) is 9.50 Å². The second-order valence-corrected chi connectivity index (χ2v) is 8.80. The van der Waals surface area contributed by atoms with Crippen molar-refractivity contribution in [2.45, 2.75) is 53.1 Å². The minimum Gasteiger partial charge on any atom is -0.481 e. The number of carbonyl (C=O) groups is 1. The van der Waals surface area contributed by atoms with Gasteiger partial charge in [-0.1, -0.05) is 38.4 Å². The third-order valence-corrected chi connectivity index (χ3v) is 5.44. The summed E-state index contributed by atoms with van der Waals surface area (Å²) in [6.45, 7) is 12.0. The second-order valence-electron chi connectivity index (χ2n) is 7.57. The van der Waals surface area contributed by atoms with Crippen LogP contribution in [0, 0.1) is 13.8 Å². The Balaban J connectivity index is 2.10. The smallest absolute Gasteiger partial charge is 0.265 e. The van der Waals surface area contributed by atoms with Crippen LogP contribution in [0.4, 0.5) is 5.69 Å². The molecule has 0 aliphatic heterocycles. The van der Waals surface area contributed by atoms with E-state index < -0.39 is 6.10 Å². The van der Waals surface area contributed by atoms with Crippen LogP contribution in [0.2, 0.25) is 5.02 Å². The molecule has 0 spiro atoms. The minimum absolute atomic E-state index is 0.0474. The van der Waals surface area contributed by atoms with Crippen molar-refractivity contribution in [3.63, 3.8) is 0 Å². The van der Waals surface area contributed by atoms with Gasteiger partial charge in [0.15, 0.2) is 6.10 Å². The van der Waals surface area contributed by atoms with Gasteiger partial charge in [0.1, 0.15) is 5.75 Å². The van der Waals surface area contributed by atoms with Crippen molar-refractivity contribution in [3.05, 3.63) is 56.5 Å². The first-order chi connectivity index (χ1) is 12.0. The number of benzene rings is 2. The summed E-state index contributed by atoms with van der Waals surface area (Å²) in [6, 6.07) is 9.65. The monoisotopic (exact) mass is 437 g/mol. The maximum Gasteiger partial charge on any atom is 0.265 e. The first-order valence-corrected chi connectivity index (χ1v) is 9.70. The summed E-state index contributed by atoms with van der Waals surface area (Å²) in [5, 5.41) is 3.63. The third kappa shape index (κ3) is 5.01. The van der Waals surface area contributed by atoms with Crippen LogP contribution in [-0.4, -0.2) is 12.0 Å². The van der Waals surface area contributed by atoms with E-state index in [9.17, 15) is 4.79 Å². The molecule has 140 valence electrons. The summed E-state index contributed by atoms with van der Waals surface area (Å²) in [5.41, 5.74) is 3.82. The highest BCUT2D eigenvalue weighted by atomic mass is 79.9. The Labute approximate surface area is 169 Å². The normalized spacial score (nSPS) is 12.6. The molecule has 0 heterocycles. The number of rotatable bonds is 4. The standard InChI is InChI=1S/C21H25BrClNO2/c1-12-9-16(10-13(2)19(12)23)26-14(3)20(25)24-18-8-7-15(11-17(18)22)21(4,5)6/h7-11,14H,1-6H3,(H,24,25). The van der Waals surface area contributed by atoms with Crippen molar-refractivity contribution >= 4 is 39.1 Å². The van der Waals surface area contributed by atoms with Crippen LogP contribution in [0.15, 0.2) is 34.8 Å². The van der Waals surface area contributed by atoms with E-state index in [1.54, 1.807) is 6.92 Å². The van der Waals surface area contributed by atoms with Gasteiger partial charge in [-0.25, -0.2) is 0 Å². The van der Waals surface area contributed by atoms with E-state index in [4.69, 9.17) is 16.3 Å². The lowest BCUT2D eigenvalue weighted by molar-refractivity contribution is -0.122. The summed E-state index contributed by atoms with van der Waals surface area (Å²) < 4.78 is 6.65. The molecule has 0 saturated heterocycles. The molecule has 1 atom stereocenters. The quantitative estimate of drug-likeness (QED) is 0.598. The molecule has 1 amide bonds. The van der Waals surface area contributed by atoms with Crippen LogP contribution in [-0.2, 0) is 10.2 Å². The average molecular weight is 439 g/mol. The summed E-state index contributed by atoms with van der Waals surface area (Å²) in [6.07, 6.45) is -0.635. The van der Waals surface area contributed by atoms with Crippen LogP contribution in [0.5, 0.6) is 5.75 Å². The van der Waals surface area contributed by atoms with E-state index >= 15 is 0 Å². The molecule has 0 fully saturated rings. The third-order valence-electron chi connectivity index (χ3n) is 4.19. The van der Waals surface area contributed by atoms with Crippen LogP contribution >= 0.6 is 27.5 Å². The SMILES string of the molecule is Cc1cc(OC(C)C(=O)Nc2ccc(C(C)(C)C)cc2Br)cc(C)c1Cl. The number of carbonyl (C=O) groups excluding carboxylic acids is 1. The molecular formula is C21H25BrClNO2. The highest BCUT2D eigenvalue weighted by Gasteiger charge is 2.19. The molecule has 0 bridgehead atoms. The number of halogens is 2. The fourth-order valence-corrected chi connectivity index (χ4v) is 3.14. The number of hydrogen-bond donors (Lipinski definition) is 1. The van der Waals surface area contributed by atoms with Crippen LogP contribution in [0.1, 0.15) is 44.4 Å². The van der Waals surface area contributed by atoms with Crippen molar-refractivity contribution < 1.29 is 9.53 Å². The van der Waals surface area contributed by atoms with Gasteiger partial charge < -0.3 is 10.1 Å². The van der Waals surface area contributed by atoms with Crippen molar-refractivity contribution in [1.82, 2.24) is 0 Å². The van der Waals surface area contributed by atoms with Gasteiger partial charge in [-0.2, -0.15) is 0 Å². The Morgan fingerprint density at radius 1 is 1.15 bits per heavy atom. The van der Waals surface area contributed by atoms with Gasteiger partial charge in [-0.15, -0.1) is 0 Å². The van der Waals surface area contributed by atoms with Crippen molar-refractivity contribution in [2.24, 2.45) is 0 Å². The number of ether oxygens (including phenoxy) is 1. The molecule has 0 radical (unpaired) electrons. The first kappa shape index (κ1) is 20.8. The van der Waals surface area contributed by atoms with Gasteiger partial charge in [0.25, 0.3) is 5.91 Å². The summed E-state index contributed by atoms with van der Waals surface area (Å²) in [7, 11) is 0. The number of hydrogen-bond acceptors (Lipinski definition) is 2. The molecule has 0 aromatic heterocycles. The van der Waals surface area contributed by atoms with E-state index in [-0.39, 0.29) is 11.3 Å². The van der Waals surface area contributed by atoms with Gasteiger partial charge in [-0.3, -0.25) is 4.79 Å². The fraction of sp³-hybridized carbons (Fsp3) is 0.381. The maximum absolute atomic E-state index is 12.5. The Morgan fingerprint density at radius 3 is 2.23 bits per heavy atom. The van der Waals surface area contributed by atoms with Crippen LogP contribution < -0.4 is 10.1 Å². The van der Waals surface area contributed by atoms with Crippen LogP contribution in [0.25, 0.3) is 0 Å². The first-order valence-electron chi connectivity index (χ1n) is 8.53. The molecule has 2 rings (SSSR count). The lowest BCUT2D eigenvalue weighted by atomic mass is 9.87. The van der Waals surface area contributed by atoms with E-state index in [0.29, 0.717) is 5.75 Å². The predicted molar refractivity (Wildman–Crippen MR) is 112 cm³/mol. The molecule has 1 unspecified atom stereocenters. The lowest BCUT2D eigenvalue weighted by Gasteiger charge is -2.21. The topological polar surface area (TPSA) is 38.3 Å². The zero-order valence-corrected chi connectivity index (χ0v) is 18.4. The van der Waals surface area contributed by atoms with Gasteiger partial charge in [0.05, 0.1) is 5.69 Å². The maximum atomic E-state index is 12.5. The Hall–Kier alpha value is -1.52. The molecule has 0 aliphatic carbocycles. The fourth-order valence-electron chi connectivity index (χ4n) is 2.55. The minimum atomic E-state index is -0.635. The second kappa shape index (κ2) is 8.01.